The number of alkyl halides is 2. The molecule has 0 heterocycles. The van der Waals surface area contributed by atoms with Gasteiger partial charge in [0.1, 0.15) is 5.38 Å². The minimum absolute atomic E-state index is 0.129. The second kappa shape index (κ2) is 6.24. The van der Waals surface area contributed by atoms with Crippen LogP contribution in [0.3, 0.4) is 0 Å². The Morgan fingerprint density at radius 3 is 2.22 bits per heavy atom. The van der Waals surface area contributed by atoms with E-state index in [9.17, 15) is 13.2 Å². The van der Waals surface area contributed by atoms with Crippen LogP contribution < -0.4 is 4.72 Å². The molecule has 3 atom stereocenters. The Kier molecular flexibility index (Phi) is 4.47. The number of fused-ring (bicyclic) bond motifs is 1. The van der Waals surface area contributed by atoms with Crippen molar-refractivity contribution in [1.29, 1.82) is 0 Å². The molecule has 7 heteroatoms. The molecule has 0 saturated heterocycles. The van der Waals surface area contributed by atoms with E-state index < -0.39 is 26.8 Å². The SMILES string of the molecule is O=C1c2ccccc2C(NS(=O)(=O)c2ccccc2)C(Cl)C1Cl. The van der Waals surface area contributed by atoms with Crippen LogP contribution in [0.4, 0.5) is 0 Å². The van der Waals surface area contributed by atoms with E-state index in [-0.39, 0.29) is 10.7 Å². The summed E-state index contributed by atoms with van der Waals surface area (Å²) in [6.45, 7) is 0. The highest BCUT2D eigenvalue weighted by atomic mass is 35.5. The van der Waals surface area contributed by atoms with Gasteiger partial charge >= 0.3 is 0 Å². The van der Waals surface area contributed by atoms with Gasteiger partial charge in [-0.2, -0.15) is 0 Å². The molecule has 23 heavy (non-hydrogen) atoms. The van der Waals surface area contributed by atoms with Crippen LogP contribution in [0.2, 0.25) is 0 Å². The molecule has 1 N–H and O–H groups in total. The first-order valence-electron chi connectivity index (χ1n) is 6.90. The van der Waals surface area contributed by atoms with E-state index in [1.165, 1.54) is 12.1 Å². The molecule has 0 saturated carbocycles. The zero-order valence-corrected chi connectivity index (χ0v) is 14.1. The van der Waals surface area contributed by atoms with Gasteiger partial charge in [-0.25, -0.2) is 13.1 Å². The highest BCUT2D eigenvalue weighted by Crippen LogP contribution is 2.36. The van der Waals surface area contributed by atoms with Crippen molar-refractivity contribution in [2.24, 2.45) is 0 Å². The lowest BCUT2D eigenvalue weighted by atomic mass is 9.86. The molecule has 0 aromatic heterocycles. The molecule has 0 radical (unpaired) electrons. The summed E-state index contributed by atoms with van der Waals surface area (Å²) >= 11 is 12.4. The number of Topliss-reactive ketones (excluding diaryl/α,β-unsaturated/α-hetero) is 1. The van der Waals surface area contributed by atoms with Crippen molar-refractivity contribution in [3.8, 4) is 0 Å². The van der Waals surface area contributed by atoms with Crippen LogP contribution in [-0.2, 0) is 10.0 Å². The normalized spacial score (nSPS) is 24.3. The number of halogens is 2. The summed E-state index contributed by atoms with van der Waals surface area (Å²) < 4.78 is 27.7. The van der Waals surface area contributed by atoms with Crippen molar-refractivity contribution in [2.75, 3.05) is 0 Å². The number of carbonyl (C=O) groups excluding carboxylic acids is 1. The predicted octanol–water partition coefficient (Wildman–Crippen LogP) is 3.12. The van der Waals surface area contributed by atoms with Crippen molar-refractivity contribution in [3.05, 3.63) is 65.7 Å². The maximum Gasteiger partial charge on any atom is 0.241 e. The monoisotopic (exact) mass is 369 g/mol. The van der Waals surface area contributed by atoms with Crippen molar-refractivity contribution in [2.45, 2.75) is 21.7 Å². The molecular weight excluding hydrogens is 357 g/mol. The first-order valence-corrected chi connectivity index (χ1v) is 9.26. The van der Waals surface area contributed by atoms with Crippen molar-refractivity contribution in [3.63, 3.8) is 0 Å². The van der Waals surface area contributed by atoms with E-state index in [2.05, 4.69) is 4.72 Å². The highest BCUT2D eigenvalue weighted by molar-refractivity contribution is 7.89. The largest absolute Gasteiger partial charge is 0.292 e. The van der Waals surface area contributed by atoms with Crippen molar-refractivity contribution < 1.29 is 13.2 Å². The third kappa shape index (κ3) is 3.02. The Balaban J connectivity index is 2.02. The van der Waals surface area contributed by atoms with E-state index in [1.807, 2.05) is 0 Å². The zero-order chi connectivity index (χ0) is 16.6. The van der Waals surface area contributed by atoms with Gasteiger partial charge in [-0.05, 0) is 17.7 Å². The second-order valence-corrected chi connectivity index (χ2v) is 7.90. The summed E-state index contributed by atoms with van der Waals surface area (Å²) in [5.41, 5.74) is 0.930. The number of sulfonamides is 1. The lowest BCUT2D eigenvalue weighted by molar-refractivity contribution is 0.0972. The number of carbonyl (C=O) groups is 1. The van der Waals surface area contributed by atoms with E-state index in [4.69, 9.17) is 23.2 Å². The molecule has 1 aliphatic rings. The van der Waals surface area contributed by atoms with Crippen LogP contribution in [0.25, 0.3) is 0 Å². The standard InChI is InChI=1S/C16H13Cl2NO3S/c17-13-14(18)16(20)12-9-5-4-8-11(12)15(13)19-23(21,22)10-6-2-1-3-7-10/h1-9,13-15,19H. The third-order valence-electron chi connectivity index (χ3n) is 3.75. The van der Waals surface area contributed by atoms with Gasteiger partial charge < -0.3 is 0 Å². The Labute approximate surface area is 144 Å². The molecular formula is C16H13Cl2NO3S. The molecule has 0 aliphatic heterocycles. The molecule has 3 unspecified atom stereocenters. The zero-order valence-electron chi connectivity index (χ0n) is 11.8. The summed E-state index contributed by atoms with van der Waals surface area (Å²) in [5, 5.41) is -1.87. The maximum absolute atomic E-state index is 12.5. The van der Waals surface area contributed by atoms with Crippen LogP contribution in [0.15, 0.2) is 59.5 Å². The fraction of sp³-hybridized carbons (Fsp3) is 0.188. The molecule has 0 spiro atoms. The predicted molar refractivity (Wildman–Crippen MR) is 89.6 cm³/mol. The third-order valence-corrected chi connectivity index (χ3v) is 6.31. The average molecular weight is 370 g/mol. The van der Waals surface area contributed by atoms with Crippen LogP contribution in [0.5, 0.6) is 0 Å². The lowest BCUT2D eigenvalue weighted by Crippen LogP contribution is -2.44. The summed E-state index contributed by atoms with van der Waals surface area (Å²) in [7, 11) is -3.78. The minimum atomic E-state index is -3.78. The van der Waals surface area contributed by atoms with Gasteiger partial charge in [0.2, 0.25) is 10.0 Å². The highest BCUT2D eigenvalue weighted by Gasteiger charge is 2.41. The van der Waals surface area contributed by atoms with E-state index in [1.54, 1.807) is 42.5 Å². The van der Waals surface area contributed by atoms with E-state index in [0.717, 1.165) is 0 Å². The quantitative estimate of drug-likeness (QED) is 0.845. The van der Waals surface area contributed by atoms with E-state index >= 15 is 0 Å². The Morgan fingerprint density at radius 2 is 1.52 bits per heavy atom. The number of hydrogen-bond acceptors (Lipinski definition) is 3. The van der Waals surface area contributed by atoms with Crippen molar-refractivity contribution >= 4 is 39.0 Å². The molecule has 2 aromatic carbocycles. The topological polar surface area (TPSA) is 63.2 Å². The Bertz CT molecular complexity index is 839. The summed E-state index contributed by atoms with van der Waals surface area (Å²) in [5.74, 6) is -0.294. The summed E-state index contributed by atoms with van der Waals surface area (Å²) in [6, 6.07) is 13.9. The molecule has 0 amide bonds. The van der Waals surface area contributed by atoms with E-state index in [0.29, 0.717) is 11.1 Å². The van der Waals surface area contributed by atoms with Gasteiger partial charge in [-0.15, -0.1) is 23.2 Å². The lowest BCUT2D eigenvalue weighted by Gasteiger charge is -2.32. The molecule has 1 aliphatic carbocycles. The Hall–Kier alpha value is -1.40. The van der Waals surface area contributed by atoms with Gasteiger partial charge in [-0.3, -0.25) is 4.79 Å². The van der Waals surface area contributed by atoms with Gasteiger partial charge in [0.15, 0.2) is 5.78 Å². The molecule has 0 bridgehead atoms. The number of nitrogens with one attached hydrogen (secondary N) is 1. The van der Waals surface area contributed by atoms with Crippen LogP contribution >= 0.6 is 23.2 Å². The van der Waals surface area contributed by atoms with Crippen LogP contribution in [0.1, 0.15) is 22.0 Å². The molecule has 3 rings (SSSR count). The molecule has 0 fully saturated rings. The van der Waals surface area contributed by atoms with Crippen LogP contribution in [0, 0.1) is 0 Å². The van der Waals surface area contributed by atoms with Crippen LogP contribution in [-0.4, -0.2) is 25.0 Å². The maximum atomic E-state index is 12.5. The average Bonchev–Trinajstić information content (AvgIpc) is 2.57. The van der Waals surface area contributed by atoms with Gasteiger partial charge in [0.25, 0.3) is 0 Å². The number of rotatable bonds is 3. The van der Waals surface area contributed by atoms with Crippen molar-refractivity contribution in [1.82, 2.24) is 4.72 Å². The first-order chi connectivity index (χ1) is 10.9. The van der Waals surface area contributed by atoms with Gasteiger partial charge in [-0.1, -0.05) is 42.5 Å². The smallest absolute Gasteiger partial charge is 0.241 e. The minimum Gasteiger partial charge on any atom is -0.292 e. The number of ketones is 1. The van der Waals surface area contributed by atoms with Gasteiger partial charge in [0, 0.05) is 5.56 Å². The fourth-order valence-corrected chi connectivity index (χ4v) is 4.50. The second-order valence-electron chi connectivity index (χ2n) is 5.21. The fourth-order valence-electron chi connectivity index (χ4n) is 2.59. The summed E-state index contributed by atoms with van der Waals surface area (Å²) in [6.07, 6.45) is 0. The first kappa shape index (κ1) is 16.5. The number of benzene rings is 2. The van der Waals surface area contributed by atoms with Gasteiger partial charge in [0.05, 0.1) is 16.3 Å². The molecule has 2 aromatic rings. The Morgan fingerprint density at radius 1 is 0.913 bits per heavy atom. The number of hydrogen-bond donors (Lipinski definition) is 1. The molecule has 4 nitrogen and oxygen atoms in total. The summed E-state index contributed by atoms with van der Waals surface area (Å²) in [4.78, 5) is 12.3. The molecule has 120 valence electrons.